The van der Waals surface area contributed by atoms with Gasteiger partial charge in [0, 0.05) is 6.66 Å². The summed E-state index contributed by atoms with van der Waals surface area (Å²) >= 11 is 0. The van der Waals surface area contributed by atoms with Crippen LogP contribution >= 0.6 is 7.60 Å². The third-order valence-corrected chi connectivity index (χ3v) is 7.73. The topological polar surface area (TPSA) is 203 Å². The summed E-state index contributed by atoms with van der Waals surface area (Å²) in [6.07, 6.45) is 5.01. The highest BCUT2D eigenvalue weighted by atomic mass is 31.2. The third kappa shape index (κ3) is 11.6. The highest BCUT2D eigenvalue weighted by molar-refractivity contribution is 7.53. The lowest BCUT2D eigenvalue weighted by Gasteiger charge is -2.25. The largest absolute Gasteiger partial charge is 0.480 e. The molecule has 1 aromatic carbocycles. The van der Waals surface area contributed by atoms with Crippen LogP contribution in [0.25, 0.3) is 0 Å². The molecule has 0 aliphatic heterocycles. The lowest BCUT2D eigenvalue weighted by Crippen LogP contribution is -2.58. The number of unbranched alkanes of at least 4 members (excludes halogenated alkanes) is 1. The Hall–Kier alpha value is -2.50. The van der Waals surface area contributed by atoms with E-state index in [1.54, 1.807) is 24.3 Å². The first-order valence-corrected chi connectivity index (χ1v) is 15.4. The van der Waals surface area contributed by atoms with Crippen molar-refractivity contribution in [2.75, 3.05) is 13.2 Å². The van der Waals surface area contributed by atoms with Crippen molar-refractivity contribution >= 4 is 25.4 Å². The minimum atomic E-state index is -3.29. The Morgan fingerprint density at radius 2 is 1.72 bits per heavy atom. The molecule has 1 aliphatic carbocycles. The molecule has 0 aromatic heterocycles. The number of aliphatic hydroxyl groups is 1. The summed E-state index contributed by atoms with van der Waals surface area (Å²) in [6.45, 7) is 3.15. The number of rotatable bonds is 16. The number of carbonyl (C=O) groups excluding carboxylic acids is 2. The summed E-state index contributed by atoms with van der Waals surface area (Å²) in [5.74, 6) is -2.37. The molecule has 5 atom stereocenters. The van der Waals surface area contributed by atoms with E-state index in [-0.39, 0.29) is 18.9 Å². The molecule has 12 nitrogen and oxygen atoms in total. The molecular weight excluding hydrogens is 527 g/mol. The molecule has 0 spiro atoms. The first kappa shape index (κ1) is 32.7. The average molecular weight is 571 g/mol. The molecular formula is C26H43N4O8P. The van der Waals surface area contributed by atoms with Crippen LogP contribution in [-0.2, 0) is 29.9 Å². The Labute approximate surface area is 229 Å². The Kier molecular flexibility index (Phi) is 13.4. The van der Waals surface area contributed by atoms with Crippen molar-refractivity contribution in [3.63, 3.8) is 0 Å². The predicted molar refractivity (Wildman–Crippen MR) is 146 cm³/mol. The number of nitrogens with one attached hydrogen (secondary N) is 2. The summed E-state index contributed by atoms with van der Waals surface area (Å²) < 4.78 is 24.1. The van der Waals surface area contributed by atoms with Crippen LogP contribution in [0.1, 0.15) is 63.9 Å². The minimum Gasteiger partial charge on any atom is -0.480 e. The van der Waals surface area contributed by atoms with Gasteiger partial charge in [0.2, 0.25) is 11.8 Å². The molecule has 1 aliphatic rings. The Morgan fingerprint density at radius 1 is 1.08 bits per heavy atom. The normalized spacial score (nSPS) is 18.7. The molecule has 1 fully saturated rings. The highest BCUT2D eigenvalue weighted by Crippen LogP contribution is 2.47. The standard InChI is InChI=1S/C26H43N4O8P/c1-17(31)23(25(33)29-22(26(34)35)10-6-7-15-27)30-24(32)21(28)16-18-11-13-20(14-12-18)38-39(2,36)37-19-8-4-3-5-9-19/h11-14,17,19,21-23,31H,3-10,15-16,27-28H2,1-2H3,(H,29,33)(H,30,32)(H,34,35)/t17-,21?,22+,23+,39?/m1/s1. The smallest absolute Gasteiger partial charge is 0.376 e. The molecule has 2 unspecified atom stereocenters. The second-order valence-electron chi connectivity index (χ2n) is 10.1. The number of hydrogen-bond donors (Lipinski definition) is 6. The number of carboxylic acid groups (broad SMARTS) is 1. The zero-order valence-electron chi connectivity index (χ0n) is 22.7. The van der Waals surface area contributed by atoms with Crippen LogP contribution in [0, 0.1) is 0 Å². The number of nitrogens with two attached hydrogens (primary N) is 2. The quantitative estimate of drug-likeness (QED) is 0.125. The van der Waals surface area contributed by atoms with Crippen LogP contribution < -0.4 is 26.6 Å². The number of amides is 2. The maximum Gasteiger partial charge on any atom is 0.376 e. The fraction of sp³-hybridized carbons (Fsp3) is 0.654. The van der Waals surface area contributed by atoms with Crippen LogP contribution in [0.4, 0.5) is 0 Å². The SMILES string of the molecule is C[C@@H](O)[C@H](NC(=O)C(N)Cc1ccc(OP(C)(=O)OC2CCCCC2)cc1)C(=O)N[C@@H](CCCCN)C(=O)O. The zero-order valence-corrected chi connectivity index (χ0v) is 23.6. The van der Waals surface area contributed by atoms with E-state index in [1.165, 1.54) is 13.6 Å². The van der Waals surface area contributed by atoms with Crippen molar-refractivity contribution in [2.45, 2.75) is 95.0 Å². The molecule has 13 heteroatoms. The summed E-state index contributed by atoms with van der Waals surface area (Å²) in [6, 6.07) is 2.97. The van der Waals surface area contributed by atoms with Crippen molar-refractivity contribution in [3.05, 3.63) is 29.8 Å². The molecule has 220 valence electrons. The maximum atomic E-state index is 12.8. The van der Waals surface area contributed by atoms with Gasteiger partial charge in [-0.15, -0.1) is 0 Å². The number of aliphatic carboxylic acids is 1. The summed E-state index contributed by atoms with van der Waals surface area (Å²) in [5.41, 5.74) is 12.2. The zero-order chi connectivity index (χ0) is 29.0. The molecule has 8 N–H and O–H groups in total. The minimum absolute atomic E-state index is 0.0657. The number of hydrogen-bond acceptors (Lipinski definition) is 9. The molecule has 0 saturated heterocycles. The highest BCUT2D eigenvalue weighted by Gasteiger charge is 2.31. The Bertz CT molecular complexity index is 985. The molecule has 1 aromatic rings. The molecule has 39 heavy (non-hydrogen) atoms. The van der Waals surface area contributed by atoms with E-state index in [0.29, 0.717) is 30.7 Å². The fourth-order valence-electron chi connectivity index (χ4n) is 4.36. The van der Waals surface area contributed by atoms with Crippen molar-refractivity contribution < 1.29 is 38.2 Å². The van der Waals surface area contributed by atoms with Gasteiger partial charge in [-0.25, -0.2) is 9.36 Å². The molecule has 2 rings (SSSR count). The number of benzene rings is 1. The van der Waals surface area contributed by atoms with E-state index in [4.69, 9.17) is 20.5 Å². The summed E-state index contributed by atoms with van der Waals surface area (Å²) in [4.78, 5) is 36.9. The van der Waals surface area contributed by atoms with E-state index in [9.17, 15) is 29.2 Å². The second-order valence-corrected chi connectivity index (χ2v) is 12.0. The van der Waals surface area contributed by atoms with Gasteiger partial charge in [0.1, 0.15) is 17.8 Å². The van der Waals surface area contributed by atoms with E-state index in [1.807, 2.05) is 0 Å². The van der Waals surface area contributed by atoms with Gasteiger partial charge < -0.3 is 36.8 Å². The summed E-state index contributed by atoms with van der Waals surface area (Å²) in [7, 11) is -3.29. The fourth-order valence-corrected chi connectivity index (χ4v) is 5.66. The Balaban J connectivity index is 1.91. The second kappa shape index (κ2) is 15.9. The first-order chi connectivity index (χ1) is 18.4. The number of carboxylic acids is 1. The number of aliphatic hydroxyl groups excluding tert-OH is 1. The average Bonchev–Trinajstić information content (AvgIpc) is 2.87. The van der Waals surface area contributed by atoms with Gasteiger partial charge in [-0.3, -0.25) is 14.1 Å². The maximum absolute atomic E-state index is 12.8. The van der Waals surface area contributed by atoms with Crippen LogP contribution in [0.2, 0.25) is 0 Å². The van der Waals surface area contributed by atoms with Crippen LogP contribution in [0.3, 0.4) is 0 Å². The van der Waals surface area contributed by atoms with Gasteiger partial charge in [0.05, 0.1) is 18.2 Å². The van der Waals surface area contributed by atoms with Gasteiger partial charge in [-0.1, -0.05) is 31.4 Å². The van der Waals surface area contributed by atoms with Crippen LogP contribution in [0.15, 0.2) is 24.3 Å². The number of carbonyl (C=O) groups is 3. The van der Waals surface area contributed by atoms with E-state index < -0.39 is 49.6 Å². The third-order valence-electron chi connectivity index (χ3n) is 6.50. The van der Waals surface area contributed by atoms with Crippen molar-refractivity contribution in [1.82, 2.24) is 10.6 Å². The van der Waals surface area contributed by atoms with Crippen LogP contribution in [-0.4, -0.2) is 71.5 Å². The lowest BCUT2D eigenvalue weighted by atomic mass is 9.98. The molecule has 1 saturated carbocycles. The predicted octanol–water partition coefficient (Wildman–Crippen LogP) is 1.67. The van der Waals surface area contributed by atoms with Gasteiger partial charge in [-0.2, -0.15) is 0 Å². The molecule has 2 amide bonds. The van der Waals surface area contributed by atoms with Gasteiger partial charge in [0.15, 0.2) is 0 Å². The molecule has 0 heterocycles. The lowest BCUT2D eigenvalue weighted by molar-refractivity contribution is -0.143. The first-order valence-electron chi connectivity index (χ1n) is 13.4. The van der Waals surface area contributed by atoms with E-state index >= 15 is 0 Å². The van der Waals surface area contributed by atoms with Crippen LogP contribution in [0.5, 0.6) is 5.75 Å². The van der Waals surface area contributed by atoms with Crippen molar-refractivity contribution in [3.8, 4) is 5.75 Å². The van der Waals surface area contributed by atoms with Gasteiger partial charge >= 0.3 is 13.6 Å². The van der Waals surface area contributed by atoms with Gasteiger partial charge in [-0.05, 0) is 69.7 Å². The van der Waals surface area contributed by atoms with Gasteiger partial charge in [0.25, 0.3) is 0 Å². The van der Waals surface area contributed by atoms with Crippen molar-refractivity contribution in [1.29, 1.82) is 0 Å². The Morgan fingerprint density at radius 3 is 2.28 bits per heavy atom. The monoisotopic (exact) mass is 570 g/mol. The summed E-state index contributed by atoms with van der Waals surface area (Å²) in [5, 5.41) is 24.2. The van der Waals surface area contributed by atoms with E-state index in [2.05, 4.69) is 10.6 Å². The molecule has 0 radical (unpaired) electrons. The van der Waals surface area contributed by atoms with E-state index in [0.717, 1.165) is 32.1 Å². The van der Waals surface area contributed by atoms with Crippen molar-refractivity contribution in [2.24, 2.45) is 11.5 Å². The molecule has 0 bridgehead atoms.